The third-order valence-corrected chi connectivity index (χ3v) is 4.54. The van der Waals surface area contributed by atoms with Gasteiger partial charge in [-0.3, -0.25) is 0 Å². The van der Waals surface area contributed by atoms with Crippen molar-refractivity contribution >= 4 is 21.6 Å². The SMILES string of the molecule is CNCc1ccc(N2CCC(C(C)C)C2)c(Br)c1. The Labute approximate surface area is 119 Å². The molecule has 0 bridgehead atoms. The van der Waals surface area contributed by atoms with Crippen molar-refractivity contribution in [3.8, 4) is 0 Å². The maximum absolute atomic E-state index is 3.71. The van der Waals surface area contributed by atoms with E-state index >= 15 is 0 Å². The minimum Gasteiger partial charge on any atom is -0.370 e. The summed E-state index contributed by atoms with van der Waals surface area (Å²) in [5.74, 6) is 1.63. The van der Waals surface area contributed by atoms with Crippen molar-refractivity contribution in [3.05, 3.63) is 28.2 Å². The summed E-state index contributed by atoms with van der Waals surface area (Å²) in [4.78, 5) is 2.51. The number of hydrogen-bond acceptors (Lipinski definition) is 2. The van der Waals surface area contributed by atoms with Gasteiger partial charge in [0.15, 0.2) is 0 Å². The summed E-state index contributed by atoms with van der Waals surface area (Å²) in [5.41, 5.74) is 2.67. The Balaban J connectivity index is 2.10. The van der Waals surface area contributed by atoms with E-state index in [1.165, 1.54) is 35.2 Å². The summed E-state index contributed by atoms with van der Waals surface area (Å²) >= 11 is 3.71. The molecule has 1 aromatic rings. The van der Waals surface area contributed by atoms with Crippen molar-refractivity contribution in [1.29, 1.82) is 0 Å². The van der Waals surface area contributed by atoms with Crippen molar-refractivity contribution in [2.45, 2.75) is 26.8 Å². The van der Waals surface area contributed by atoms with E-state index in [4.69, 9.17) is 0 Å². The monoisotopic (exact) mass is 310 g/mol. The van der Waals surface area contributed by atoms with Gasteiger partial charge in [-0.25, -0.2) is 0 Å². The first kappa shape index (κ1) is 13.9. The Morgan fingerprint density at radius 2 is 2.22 bits per heavy atom. The number of nitrogens with one attached hydrogen (secondary N) is 1. The van der Waals surface area contributed by atoms with Crippen LogP contribution in [0.2, 0.25) is 0 Å². The lowest BCUT2D eigenvalue weighted by atomic mass is 9.95. The molecule has 1 fully saturated rings. The molecule has 18 heavy (non-hydrogen) atoms. The number of rotatable bonds is 4. The molecule has 1 unspecified atom stereocenters. The molecule has 2 rings (SSSR count). The second kappa shape index (κ2) is 6.07. The number of benzene rings is 1. The van der Waals surface area contributed by atoms with Crippen LogP contribution in [0.15, 0.2) is 22.7 Å². The van der Waals surface area contributed by atoms with Crippen molar-refractivity contribution in [2.24, 2.45) is 11.8 Å². The average Bonchev–Trinajstić information content (AvgIpc) is 2.79. The maximum Gasteiger partial charge on any atom is 0.0510 e. The van der Waals surface area contributed by atoms with Gasteiger partial charge in [-0.05, 0) is 58.9 Å². The summed E-state index contributed by atoms with van der Waals surface area (Å²) in [6.07, 6.45) is 1.32. The number of halogens is 1. The van der Waals surface area contributed by atoms with Crippen molar-refractivity contribution < 1.29 is 0 Å². The lowest BCUT2D eigenvalue weighted by Gasteiger charge is -2.22. The molecule has 1 aromatic carbocycles. The second-order valence-corrected chi connectivity index (χ2v) is 6.41. The van der Waals surface area contributed by atoms with Gasteiger partial charge in [0.25, 0.3) is 0 Å². The van der Waals surface area contributed by atoms with E-state index in [1.807, 2.05) is 7.05 Å². The zero-order valence-electron chi connectivity index (χ0n) is 11.5. The normalized spacial score (nSPS) is 19.8. The van der Waals surface area contributed by atoms with Crippen LogP contribution in [-0.2, 0) is 6.54 Å². The Hall–Kier alpha value is -0.540. The molecule has 1 atom stereocenters. The molecule has 100 valence electrons. The van der Waals surface area contributed by atoms with E-state index in [0.717, 1.165) is 18.4 Å². The highest BCUT2D eigenvalue weighted by Gasteiger charge is 2.25. The molecule has 0 radical (unpaired) electrons. The Morgan fingerprint density at radius 1 is 1.44 bits per heavy atom. The van der Waals surface area contributed by atoms with Gasteiger partial charge in [0.1, 0.15) is 0 Å². The average molecular weight is 311 g/mol. The summed E-state index contributed by atoms with van der Waals surface area (Å²) in [7, 11) is 1.98. The molecule has 3 heteroatoms. The largest absolute Gasteiger partial charge is 0.370 e. The van der Waals surface area contributed by atoms with Crippen LogP contribution in [0.25, 0.3) is 0 Å². The Bertz CT molecular complexity index is 403. The quantitative estimate of drug-likeness (QED) is 0.913. The molecular weight excluding hydrogens is 288 g/mol. The van der Waals surface area contributed by atoms with Crippen LogP contribution in [0.4, 0.5) is 5.69 Å². The first-order valence-electron chi connectivity index (χ1n) is 6.79. The van der Waals surface area contributed by atoms with Gasteiger partial charge >= 0.3 is 0 Å². The van der Waals surface area contributed by atoms with Crippen LogP contribution in [-0.4, -0.2) is 20.1 Å². The first-order chi connectivity index (χ1) is 8.61. The predicted molar refractivity (Wildman–Crippen MR) is 82.1 cm³/mol. The number of hydrogen-bond donors (Lipinski definition) is 1. The van der Waals surface area contributed by atoms with Crippen LogP contribution < -0.4 is 10.2 Å². The van der Waals surface area contributed by atoms with E-state index in [-0.39, 0.29) is 0 Å². The fourth-order valence-corrected chi connectivity index (χ4v) is 3.35. The number of anilines is 1. The lowest BCUT2D eigenvalue weighted by Crippen LogP contribution is -2.21. The van der Waals surface area contributed by atoms with Gasteiger partial charge in [-0.2, -0.15) is 0 Å². The van der Waals surface area contributed by atoms with E-state index in [0.29, 0.717) is 0 Å². The van der Waals surface area contributed by atoms with Crippen LogP contribution >= 0.6 is 15.9 Å². The highest BCUT2D eigenvalue weighted by molar-refractivity contribution is 9.10. The molecule has 1 saturated heterocycles. The molecule has 2 nitrogen and oxygen atoms in total. The highest BCUT2D eigenvalue weighted by atomic mass is 79.9. The van der Waals surface area contributed by atoms with Gasteiger partial charge in [0.05, 0.1) is 5.69 Å². The highest BCUT2D eigenvalue weighted by Crippen LogP contribution is 2.33. The fourth-order valence-electron chi connectivity index (χ4n) is 2.67. The standard InChI is InChI=1S/C15H23BrN2/c1-11(2)13-6-7-18(10-13)15-5-4-12(9-17-3)8-14(15)16/h4-5,8,11,13,17H,6-7,9-10H2,1-3H3. The van der Waals surface area contributed by atoms with Crippen LogP contribution in [0, 0.1) is 11.8 Å². The predicted octanol–water partition coefficient (Wildman–Crippen LogP) is 3.65. The minimum absolute atomic E-state index is 0.789. The third-order valence-electron chi connectivity index (χ3n) is 3.90. The van der Waals surface area contributed by atoms with Gasteiger partial charge in [-0.15, -0.1) is 0 Å². The minimum atomic E-state index is 0.789. The van der Waals surface area contributed by atoms with Crippen LogP contribution in [0.3, 0.4) is 0 Å². The van der Waals surface area contributed by atoms with Gasteiger partial charge < -0.3 is 10.2 Å². The maximum atomic E-state index is 3.71. The summed E-state index contributed by atoms with van der Waals surface area (Å²) in [6, 6.07) is 6.70. The van der Waals surface area contributed by atoms with Crippen molar-refractivity contribution in [1.82, 2.24) is 5.32 Å². The zero-order chi connectivity index (χ0) is 13.1. The van der Waals surface area contributed by atoms with E-state index in [2.05, 4.69) is 58.2 Å². The Morgan fingerprint density at radius 3 is 2.78 bits per heavy atom. The van der Waals surface area contributed by atoms with Crippen molar-refractivity contribution in [2.75, 3.05) is 25.0 Å². The molecule has 0 spiro atoms. The fraction of sp³-hybridized carbons (Fsp3) is 0.600. The third kappa shape index (κ3) is 3.07. The molecule has 1 aliphatic rings. The molecule has 0 saturated carbocycles. The van der Waals surface area contributed by atoms with E-state index in [1.54, 1.807) is 0 Å². The van der Waals surface area contributed by atoms with Crippen LogP contribution in [0.5, 0.6) is 0 Å². The lowest BCUT2D eigenvalue weighted by molar-refractivity contribution is 0.423. The molecular formula is C15H23BrN2. The second-order valence-electron chi connectivity index (χ2n) is 5.55. The van der Waals surface area contributed by atoms with E-state index < -0.39 is 0 Å². The van der Waals surface area contributed by atoms with Crippen LogP contribution in [0.1, 0.15) is 25.8 Å². The molecule has 1 N–H and O–H groups in total. The molecule has 0 amide bonds. The topological polar surface area (TPSA) is 15.3 Å². The summed E-state index contributed by atoms with van der Waals surface area (Å²) < 4.78 is 1.22. The van der Waals surface area contributed by atoms with Gasteiger partial charge in [0.2, 0.25) is 0 Å². The van der Waals surface area contributed by atoms with Gasteiger partial charge in [0, 0.05) is 24.1 Å². The Kier molecular flexibility index (Phi) is 4.68. The van der Waals surface area contributed by atoms with E-state index in [9.17, 15) is 0 Å². The zero-order valence-corrected chi connectivity index (χ0v) is 13.1. The number of nitrogens with zero attached hydrogens (tertiary/aromatic N) is 1. The van der Waals surface area contributed by atoms with Crippen molar-refractivity contribution in [3.63, 3.8) is 0 Å². The molecule has 1 heterocycles. The van der Waals surface area contributed by atoms with Gasteiger partial charge in [-0.1, -0.05) is 19.9 Å². The molecule has 0 aromatic heterocycles. The summed E-state index contributed by atoms with van der Waals surface area (Å²) in [5, 5.41) is 3.19. The molecule has 1 aliphatic heterocycles. The molecule has 0 aliphatic carbocycles. The smallest absolute Gasteiger partial charge is 0.0510 e. The first-order valence-corrected chi connectivity index (χ1v) is 7.59. The summed E-state index contributed by atoms with van der Waals surface area (Å²) in [6.45, 7) is 7.97.